The van der Waals surface area contributed by atoms with Crippen LogP contribution in [0, 0.1) is 0 Å². The summed E-state index contributed by atoms with van der Waals surface area (Å²) in [4.78, 5) is 5.24. The molecule has 17 heavy (non-hydrogen) atoms. The topological polar surface area (TPSA) is 26.7 Å². The smallest absolute Gasteiger partial charge is 0.0445 e. The number of likely N-dealkylation sites (tertiary alicyclic amines) is 2. The molecule has 0 radical (unpaired) electrons. The van der Waals surface area contributed by atoms with Gasteiger partial charge in [-0.25, -0.2) is 0 Å². The molecule has 2 saturated heterocycles. The van der Waals surface area contributed by atoms with E-state index in [0.717, 1.165) is 6.42 Å². The quantitative estimate of drug-likeness (QED) is 0.792. The number of hydrogen-bond acceptors (Lipinski definition) is 3. The average molecular weight is 240 g/mol. The summed E-state index contributed by atoms with van der Waals surface area (Å²) in [6, 6.07) is 0.651. The van der Waals surface area contributed by atoms with E-state index in [0.29, 0.717) is 12.6 Å². The van der Waals surface area contributed by atoms with Gasteiger partial charge in [0.05, 0.1) is 0 Å². The van der Waals surface area contributed by atoms with Crippen molar-refractivity contribution in [3.8, 4) is 0 Å². The lowest BCUT2D eigenvalue weighted by Crippen LogP contribution is -2.45. The molecule has 0 aromatic carbocycles. The molecule has 0 amide bonds. The molecule has 2 rings (SSSR count). The van der Waals surface area contributed by atoms with Crippen LogP contribution in [0.1, 0.15) is 44.9 Å². The minimum Gasteiger partial charge on any atom is -0.396 e. The summed E-state index contributed by atoms with van der Waals surface area (Å²) in [5, 5.41) is 9.12. The Bertz CT molecular complexity index is 202. The lowest BCUT2D eigenvalue weighted by atomic mass is 9.99. The van der Waals surface area contributed by atoms with Crippen molar-refractivity contribution >= 4 is 0 Å². The second-order valence-electron chi connectivity index (χ2n) is 5.60. The van der Waals surface area contributed by atoms with Gasteiger partial charge in [0.25, 0.3) is 0 Å². The highest BCUT2D eigenvalue weighted by atomic mass is 16.3. The maximum atomic E-state index is 9.12. The molecule has 1 unspecified atom stereocenters. The van der Waals surface area contributed by atoms with Gasteiger partial charge < -0.3 is 10.0 Å². The van der Waals surface area contributed by atoms with Gasteiger partial charge in [0, 0.05) is 25.7 Å². The Balaban J connectivity index is 1.71. The molecule has 0 aromatic heterocycles. The minimum atomic E-state index is 0.352. The number of rotatable bonds is 5. The maximum absolute atomic E-state index is 9.12. The van der Waals surface area contributed by atoms with E-state index >= 15 is 0 Å². The van der Waals surface area contributed by atoms with Gasteiger partial charge in [-0.05, 0) is 51.7 Å². The Morgan fingerprint density at radius 2 is 1.65 bits per heavy atom. The predicted octanol–water partition coefficient (Wildman–Crippen LogP) is 1.71. The first-order chi connectivity index (χ1) is 8.40. The van der Waals surface area contributed by atoms with E-state index in [1.165, 1.54) is 71.2 Å². The third-order valence-corrected chi connectivity index (χ3v) is 4.36. The molecule has 1 N–H and O–H groups in total. The summed E-state index contributed by atoms with van der Waals surface area (Å²) in [7, 11) is 0. The average Bonchev–Trinajstić information content (AvgIpc) is 2.39. The van der Waals surface area contributed by atoms with Crippen molar-refractivity contribution in [3.63, 3.8) is 0 Å². The SMILES string of the molecule is OCCC1CCCCN1CCN1CCCCC1. The minimum absolute atomic E-state index is 0.352. The van der Waals surface area contributed by atoms with Gasteiger partial charge in [-0.1, -0.05) is 12.8 Å². The van der Waals surface area contributed by atoms with E-state index in [1.807, 2.05) is 0 Å². The number of aliphatic hydroxyl groups excluding tert-OH is 1. The Labute approximate surface area is 106 Å². The molecule has 2 heterocycles. The zero-order valence-electron chi connectivity index (χ0n) is 11.1. The Hall–Kier alpha value is -0.120. The first-order valence-electron chi connectivity index (χ1n) is 7.47. The van der Waals surface area contributed by atoms with Gasteiger partial charge in [-0.15, -0.1) is 0 Å². The van der Waals surface area contributed by atoms with Gasteiger partial charge in [0.1, 0.15) is 0 Å². The van der Waals surface area contributed by atoms with Crippen LogP contribution in [0.15, 0.2) is 0 Å². The van der Waals surface area contributed by atoms with Gasteiger partial charge >= 0.3 is 0 Å². The Morgan fingerprint density at radius 3 is 2.41 bits per heavy atom. The summed E-state index contributed by atoms with van der Waals surface area (Å²) in [6.07, 6.45) is 9.17. The van der Waals surface area contributed by atoms with Crippen molar-refractivity contribution in [2.75, 3.05) is 39.3 Å². The van der Waals surface area contributed by atoms with E-state index < -0.39 is 0 Å². The fourth-order valence-electron chi connectivity index (χ4n) is 3.28. The van der Waals surface area contributed by atoms with Crippen LogP contribution in [0.4, 0.5) is 0 Å². The lowest BCUT2D eigenvalue weighted by molar-refractivity contribution is 0.0993. The number of hydrogen-bond donors (Lipinski definition) is 1. The number of piperidine rings is 2. The van der Waals surface area contributed by atoms with Crippen molar-refractivity contribution in [2.24, 2.45) is 0 Å². The summed E-state index contributed by atoms with van der Waals surface area (Å²) in [5.74, 6) is 0. The summed E-state index contributed by atoms with van der Waals surface area (Å²) in [6.45, 7) is 6.66. The van der Waals surface area contributed by atoms with Crippen molar-refractivity contribution < 1.29 is 5.11 Å². The molecule has 0 aliphatic carbocycles. The maximum Gasteiger partial charge on any atom is 0.0445 e. The van der Waals surface area contributed by atoms with Crippen LogP contribution < -0.4 is 0 Å². The molecule has 2 aliphatic rings. The van der Waals surface area contributed by atoms with Gasteiger partial charge in [-0.3, -0.25) is 4.90 Å². The predicted molar refractivity (Wildman–Crippen MR) is 71.2 cm³/mol. The fourth-order valence-corrected chi connectivity index (χ4v) is 3.28. The summed E-state index contributed by atoms with van der Waals surface area (Å²) >= 11 is 0. The van der Waals surface area contributed by atoms with Crippen molar-refractivity contribution in [3.05, 3.63) is 0 Å². The highest BCUT2D eigenvalue weighted by Crippen LogP contribution is 2.19. The van der Waals surface area contributed by atoms with E-state index in [1.54, 1.807) is 0 Å². The number of nitrogens with zero attached hydrogens (tertiary/aromatic N) is 2. The van der Waals surface area contributed by atoms with E-state index in [9.17, 15) is 0 Å². The largest absolute Gasteiger partial charge is 0.396 e. The Morgan fingerprint density at radius 1 is 0.882 bits per heavy atom. The molecule has 1 atom stereocenters. The Kier molecular flexibility index (Phi) is 5.75. The standard InChI is InChI=1S/C14H28N2O/c17-13-7-14-6-2-5-10-16(14)12-11-15-8-3-1-4-9-15/h14,17H,1-13H2. The van der Waals surface area contributed by atoms with Crippen LogP contribution in [0.25, 0.3) is 0 Å². The first kappa shape index (κ1) is 13.3. The highest BCUT2D eigenvalue weighted by Gasteiger charge is 2.22. The van der Waals surface area contributed by atoms with E-state index in [2.05, 4.69) is 9.80 Å². The van der Waals surface area contributed by atoms with E-state index in [4.69, 9.17) is 5.11 Å². The third kappa shape index (κ3) is 4.23. The number of aliphatic hydroxyl groups is 1. The second kappa shape index (κ2) is 7.34. The van der Waals surface area contributed by atoms with Crippen LogP contribution in [0.2, 0.25) is 0 Å². The van der Waals surface area contributed by atoms with Crippen molar-refractivity contribution in [2.45, 2.75) is 51.0 Å². The van der Waals surface area contributed by atoms with Crippen molar-refractivity contribution in [1.29, 1.82) is 0 Å². The van der Waals surface area contributed by atoms with Crippen LogP contribution in [-0.4, -0.2) is 60.3 Å². The molecule has 0 aromatic rings. The van der Waals surface area contributed by atoms with Crippen molar-refractivity contribution in [1.82, 2.24) is 9.80 Å². The van der Waals surface area contributed by atoms with Gasteiger partial charge in [0.2, 0.25) is 0 Å². The van der Waals surface area contributed by atoms with Crippen LogP contribution in [-0.2, 0) is 0 Å². The fraction of sp³-hybridized carbons (Fsp3) is 1.00. The summed E-state index contributed by atoms with van der Waals surface area (Å²) < 4.78 is 0. The van der Waals surface area contributed by atoms with Crippen LogP contribution >= 0.6 is 0 Å². The van der Waals surface area contributed by atoms with Crippen LogP contribution in [0.5, 0.6) is 0 Å². The second-order valence-corrected chi connectivity index (χ2v) is 5.60. The normalized spacial score (nSPS) is 28.4. The van der Waals surface area contributed by atoms with E-state index in [-0.39, 0.29) is 0 Å². The monoisotopic (exact) mass is 240 g/mol. The molecule has 0 spiro atoms. The highest BCUT2D eigenvalue weighted by molar-refractivity contribution is 4.78. The molecule has 0 saturated carbocycles. The summed E-state index contributed by atoms with van der Waals surface area (Å²) in [5.41, 5.74) is 0. The molecular weight excluding hydrogens is 212 g/mol. The molecule has 2 fully saturated rings. The lowest BCUT2D eigenvalue weighted by Gasteiger charge is -2.37. The molecular formula is C14H28N2O. The molecule has 3 nitrogen and oxygen atoms in total. The molecule has 0 bridgehead atoms. The molecule has 2 aliphatic heterocycles. The molecule has 3 heteroatoms. The molecule has 100 valence electrons. The zero-order chi connectivity index (χ0) is 11.9. The zero-order valence-corrected chi connectivity index (χ0v) is 11.1. The van der Waals surface area contributed by atoms with Gasteiger partial charge in [0.15, 0.2) is 0 Å². The van der Waals surface area contributed by atoms with Crippen LogP contribution in [0.3, 0.4) is 0 Å². The third-order valence-electron chi connectivity index (χ3n) is 4.36. The first-order valence-corrected chi connectivity index (χ1v) is 7.47. The van der Waals surface area contributed by atoms with Gasteiger partial charge in [-0.2, -0.15) is 0 Å².